The Labute approximate surface area is 150 Å². The van der Waals surface area contributed by atoms with Crippen molar-refractivity contribution in [2.75, 3.05) is 20.7 Å². The number of ether oxygens (including phenoxy) is 1. The van der Waals surface area contributed by atoms with E-state index < -0.39 is 0 Å². The highest BCUT2D eigenvalue weighted by Gasteiger charge is 2.03. The molecular weight excluding hydrogens is 314 g/mol. The second-order valence-electron chi connectivity index (χ2n) is 5.86. The van der Waals surface area contributed by atoms with Crippen molar-refractivity contribution in [1.82, 2.24) is 20.4 Å². The van der Waals surface area contributed by atoms with Crippen molar-refractivity contribution in [2.45, 2.75) is 39.2 Å². The normalized spacial score (nSPS) is 11.4. The van der Waals surface area contributed by atoms with Crippen LogP contribution in [0.2, 0.25) is 0 Å². The third-order valence-electron chi connectivity index (χ3n) is 3.96. The number of aliphatic imine (C=N–C) groups is 1. The number of unbranched alkanes of at least 4 members (excludes halogenated alkanes) is 3. The van der Waals surface area contributed by atoms with E-state index in [-0.39, 0.29) is 0 Å². The van der Waals surface area contributed by atoms with Gasteiger partial charge in [-0.2, -0.15) is 5.10 Å². The van der Waals surface area contributed by atoms with Gasteiger partial charge in [-0.15, -0.1) is 0 Å². The van der Waals surface area contributed by atoms with E-state index in [1.165, 1.54) is 25.7 Å². The summed E-state index contributed by atoms with van der Waals surface area (Å²) in [4.78, 5) is 4.25. The lowest BCUT2D eigenvalue weighted by atomic mass is 10.2. The lowest BCUT2D eigenvalue weighted by Gasteiger charge is -2.10. The van der Waals surface area contributed by atoms with Gasteiger partial charge < -0.3 is 15.4 Å². The fourth-order valence-corrected chi connectivity index (χ4v) is 2.49. The van der Waals surface area contributed by atoms with Crippen molar-refractivity contribution in [2.24, 2.45) is 4.99 Å². The molecule has 1 heterocycles. The molecule has 0 spiro atoms. The van der Waals surface area contributed by atoms with Crippen LogP contribution in [0.25, 0.3) is 5.69 Å². The first-order valence-electron chi connectivity index (χ1n) is 8.90. The molecule has 6 heteroatoms. The number of hydrogen-bond donors (Lipinski definition) is 2. The number of benzene rings is 1. The van der Waals surface area contributed by atoms with E-state index in [0.29, 0.717) is 6.54 Å². The molecule has 0 amide bonds. The van der Waals surface area contributed by atoms with Gasteiger partial charge in [0.1, 0.15) is 5.75 Å². The number of rotatable bonds is 9. The number of nitrogens with zero attached hydrogens (tertiary/aromatic N) is 3. The highest BCUT2D eigenvalue weighted by atomic mass is 16.5. The van der Waals surface area contributed by atoms with Gasteiger partial charge in [0.2, 0.25) is 0 Å². The molecule has 0 aliphatic rings. The van der Waals surface area contributed by atoms with Gasteiger partial charge in [0.05, 0.1) is 25.0 Å². The quantitative estimate of drug-likeness (QED) is 0.417. The Morgan fingerprint density at radius 1 is 1.12 bits per heavy atom. The summed E-state index contributed by atoms with van der Waals surface area (Å²) >= 11 is 0. The average molecular weight is 343 g/mol. The van der Waals surface area contributed by atoms with Crippen LogP contribution < -0.4 is 15.4 Å². The highest BCUT2D eigenvalue weighted by Crippen LogP contribution is 2.14. The predicted octanol–water partition coefficient (Wildman–Crippen LogP) is 3.13. The summed E-state index contributed by atoms with van der Waals surface area (Å²) in [6, 6.07) is 9.84. The molecule has 2 N–H and O–H groups in total. The van der Waals surface area contributed by atoms with Crippen LogP contribution in [0.4, 0.5) is 0 Å². The van der Waals surface area contributed by atoms with Crippen molar-refractivity contribution in [1.29, 1.82) is 0 Å². The molecule has 0 saturated carbocycles. The maximum atomic E-state index is 5.18. The first-order chi connectivity index (χ1) is 12.3. The van der Waals surface area contributed by atoms with E-state index in [2.05, 4.69) is 27.6 Å². The molecule has 2 aromatic rings. The standard InChI is InChI=1S/C19H29N5O/c1-4-5-6-7-13-21-19(20-2)22-15-16-12-14-24(23-16)17-8-10-18(25-3)11-9-17/h8-12,14H,4-7,13,15H2,1-3H3,(H2,20,21,22). The smallest absolute Gasteiger partial charge is 0.191 e. The molecule has 0 saturated heterocycles. The Morgan fingerprint density at radius 2 is 1.92 bits per heavy atom. The number of hydrogen-bond acceptors (Lipinski definition) is 3. The zero-order valence-corrected chi connectivity index (χ0v) is 15.5. The number of aromatic nitrogens is 2. The molecular formula is C19H29N5O. The zero-order chi connectivity index (χ0) is 17.9. The van der Waals surface area contributed by atoms with Gasteiger partial charge in [0.25, 0.3) is 0 Å². The third kappa shape index (κ3) is 6.14. The average Bonchev–Trinajstić information content (AvgIpc) is 3.13. The zero-order valence-electron chi connectivity index (χ0n) is 15.5. The van der Waals surface area contributed by atoms with Gasteiger partial charge in [0.15, 0.2) is 5.96 Å². The molecule has 136 valence electrons. The van der Waals surface area contributed by atoms with Crippen LogP contribution in [0.5, 0.6) is 5.75 Å². The summed E-state index contributed by atoms with van der Waals surface area (Å²) in [7, 11) is 3.45. The SMILES string of the molecule is CCCCCCNC(=NC)NCc1ccn(-c2ccc(OC)cc2)n1. The summed E-state index contributed by atoms with van der Waals surface area (Å²) in [6.45, 7) is 3.80. The molecule has 0 atom stereocenters. The van der Waals surface area contributed by atoms with E-state index in [9.17, 15) is 0 Å². The fraction of sp³-hybridized carbons (Fsp3) is 0.474. The number of guanidine groups is 1. The maximum absolute atomic E-state index is 5.18. The van der Waals surface area contributed by atoms with Crippen LogP contribution in [-0.2, 0) is 6.54 Å². The highest BCUT2D eigenvalue weighted by molar-refractivity contribution is 5.79. The topological polar surface area (TPSA) is 63.5 Å². The van der Waals surface area contributed by atoms with Crippen LogP contribution in [0, 0.1) is 0 Å². The molecule has 6 nitrogen and oxygen atoms in total. The van der Waals surface area contributed by atoms with Crippen LogP contribution in [0.3, 0.4) is 0 Å². The number of methoxy groups -OCH3 is 1. The van der Waals surface area contributed by atoms with Crippen LogP contribution >= 0.6 is 0 Å². The van der Waals surface area contributed by atoms with Crippen LogP contribution in [-0.4, -0.2) is 36.4 Å². The minimum Gasteiger partial charge on any atom is -0.497 e. The Morgan fingerprint density at radius 3 is 2.60 bits per heavy atom. The summed E-state index contributed by atoms with van der Waals surface area (Å²) in [5.41, 5.74) is 1.97. The van der Waals surface area contributed by atoms with Gasteiger partial charge in [0, 0.05) is 19.8 Å². The van der Waals surface area contributed by atoms with E-state index >= 15 is 0 Å². The lowest BCUT2D eigenvalue weighted by Crippen LogP contribution is -2.37. The Hall–Kier alpha value is -2.50. The molecule has 1 aromatic heterocycles. The van der Waals surface area contributed by atoms with E-state index in [0.717, 1.165) is 29.6 Å². The second kappa shape index (κ2) is 10.4. The molecule has 0 aliphatic carbocycles. The van der Waals surface area contributed by atoms with E-state index in [1.807, 2.05) is 41.2 Å². The summed E-state index contributed by atoms with van der Waals surface area (Å²) in [5.74, 6) is 1.65. The summed E-state index contributed by atoms with van der Waals surface area (Å²) < 4.78 is 7.04. The number of nitrogens with one attached hydrogen (secondary N) is 2. The van der Waals surface area contributed by atoms with Crippen LogP contribution in [0.1, 0.15) is 38.3 Å². The largest absolute Gasteiger partial charge is 0.497 e. The molecule has 0 aliphatic heterocycles. The van der Waals surface area contributed by atoms with Crippen molar-refractivity contribution < 1.29 is 4.74 Å². The molecule has 0 fully saturated rings. The molecule has 2 rings (SSSR count). The summed E-state index contributed by atoms with van der Waals surface area (Å²) in [6.07, 6.45) is 6.92. The Balaban J connectivity index is 1.81. The Bertz CT molecular complexity index is 648. The van der Waals surface area contributed by atoms with Gasteiger partial charge in [-0.1, -0.05) is 26.2 Å². The predicted molar refractivity (Wildman–Crippen MR) is 102 cm³/mol. The first kappa shape index (κ1) is 18.8. The fourth-order valence-electron chi connectivity index (χ4n) is 2.49. The van der Waals surface area contributed by atoms with Gasteiger partial charge in [-0.25, -0.2) is 4.68 Å². The van der Waals surface area contributed by atoms with Crippen molar-refractivity contribution in [3.8, 4) is 11.4 Å². The minimum absolute atomic E-state index is 0.637. The summed E-state index contributed by atoms with van der Waals surface area (Å²) in [5, 5.41) is 11.2. The maximum Gasteiger partial charge on any atom is 0.191 e. The first-order valence-corrected chi connectivity index (χ1v) is 8.90. The molecule has 25 heavy (non-hydrogen) atoms. The van der Waals surface area contributed by atoms with E-state index in [4.69, 9.17) is 4.74 Å². The molecule has 1 aromatic carbocycles. The van der Waals surface area contributed by atoms with Crippen molar-refractivity contribution in [3.63, 3.8) is 0 Å². The Kier molecular flexibility index (Phi) is 7.82. The van der Waals surface area contributed by atoms with Gasteiger partial charge >= 0.3 is 0 Å². The minimum atomic E-state index is 0.637. The van der Waals surface area contributed by atoms with Gasteiger partial charge in [-0.3, -0.25) is 4.99 Å². The van der Waals surface area contributed by atoms with Crippen LogP contribution in [0.15, 0.2) is 41.5 Å². The molecule has 0 radical (unpaired) electrons. The molecule has 0 bridgehead atoms. The lowest BCUT2D eigenvalue weighted by molar-refractivity contribution is 0.414. The second-order valence-corrected chi connectivity index (χ2v) is 5.86. The molecule has 0 unspecified atom stereocenters. The van der Waals surface area contributed by atoms with E-state index in [1.54, 1.807) is 14.2 Å². The van der Waals surface area contributed by atoms with Gasteiger partial charge in [-0.05, 0) is 36.8 Å². The third-order valence-corrected chi connectivity index (χ3v) is 3.96. The van der Waals surface area contributed by atoms with Crippen molar-refractivity contribution in [3.05, 3.63) is 42.2 Å². The monoisotopic (exact) mass is 343 g/mol. The van der Waals surface area contributed by atoms with Crippen molar-refractivity contribution >= 4 is 5.96 Å².